The summed E-state index contributed by atoms with van der Waals surface area (Å²) in [5.74, 6) is -6.58. The molecule has 0 spiro atoms. The first-order chi connectivity index (χ1) is 20.7. The Morgan fingerprint density at radius 3 is 2.44 bits per heavy atom. The number of ether oxygens (including phenoxy) is 2. The molecular formula is C20H32N4O19P2. The van der Waals surface area contributed by atoms with Crippen LogP contribution in [0.2, 0.25) is 0 Å². The van der Waals surface area contributed by atoms with Gasteiger partial charge in [0.15, 0.2) is 6.23 Å². The Labute approximate surface area is 251 Å². The van der Waals surface area contributed by atoms with Gasteiger partial charge in [0, 0.05) is 19.5 Å². The second-order valence-electron chi connectivity index (χ2n) is 9.89. The predicted octanol–water partition coefficient (Wildman–Crippen LogP) is -5.72. The van der Waals surface area contributed by atoms with Gasteiger partial charge in [0.1, 0.15) is 42.4 Å². The van der Waals surface area contributed by atoms with Crippen LogP contribution in [0.25, 0.3) is 0 Å². The molecule has 2 unspecified atom stereocenters. The second kappa shape index (κ2) is 14.1. The van der Waals surface area contributed by atoms with Gasteiger partial charge in [-0.1, -0.05) is 0 Å². The first kappa shape index (κ1) is 37.0. The monoisotopic (exact) mass is 694 g/mol. The number of hydrogen-bond acceptors (Lipinski definition) is 19. The number of aromatic nitrogens is 2. The number of nitrogens with zero attached hydrogens (tertiary/aromatic N) is 2. The molecule has 3 heterocycles. The molecule has 2 aliphatic rings. The number of nitrogen functional groups attached to an aromatic ring is 1. The van der Waals surface area contributed by atoms with Gasteiger partial charge in [-0.3, -0.25) is 18.8 Å². The molecule has 2 aliphatic heterocycles. The lowest BCUT2D eigenvalue weighted by molar-refractivity contribution is -0.294. The van der Waals surface area contributed by atoms with E-state index < -0.39 is 114 Å². The van der Waals surface area contributed by atoms with Gasteiger partial charge in [0.25, 0.3) is 5.79 Å². The molecule has 256 valence electrons. The molecule has 1 aromatic heterocycles. The first-order valence-corrected chi connectivity index (χ1v) is 15.6. The summed E-state index contributed by atoms with van der Waals surface area (Å²) in [7, 11) is -11.7. The zero-order valence-corrected chi connectivity index (χ0v) is 24.7. The maximum absolute atomic E-state index is 12.6. The predicted molar refractivity (Wildman–Crippen MR) is 139 cm³/mol. The van der Waals surface area contributed by atoms with E-state index in [2.05, 4.69) is 23.7 Å². The first-order valence-electron chi connectivity index (χ1n) is 12.6. The third-order valence-corrected chi connectivity index (χ3v) is 8.98. The van der Waals surface area contributed by atoms with Gasteiger partial charge in [-0.25, -0.2) is 18.7 Å². The number of phosphoric ester groups is 2. The Morgan fingerprint density at radius 1 is 1.22 bits per heavy atom. The molecule has 1 amide bonds. The number of carbonyl (C=O) groups excluding carboxylic acids is 2. The molecule has 12 N–H and O–H groups in total. The highest BCUT2D eigenvalue weighted by Gasteiger charge is 2.56. The zero-order valence-electron chi connectivity index (χ0n) is 22.9. The number of aliphatic hydroxyl groups is 7. The van der Waals surface area contributed by atoms with Crippen LogP contribution >= 0.6 is 15.6 Å². The van der Waals surface area contributed by atoms with E-state index in [0.29, 0.717) is 0 Å². The molecule has 0 aromatic carbocycles. The fraction of sp³-hybridized carbons (Fsp3) is 0.700. The minimum Gasteiger partial charge on any atom is -0.394 e. The molecular weight excluding hydrogens is 662 g/mol. The Kier molecular flexibility index (Phi) is 11.6. The molecule has 2 fully saturated rings. The van der Waals surface area contributed by atoms with Gasteiger partial charge in [-0.05, 0) is 6.07 Å². The van der Waals surface area contributed by atoms with Crippen molar-refractivity contribution < 1.29 is 87.1 Å². The van der Waals surface area contributed by atoms with Crippen molar-refractivity contribution in [3.8, 4) is 0 Å². The van der Waals surface area contributed by atoms with Crippen LogP contribution < -0.4 is 16.7 Å². The summed E-state index contributed by atoms with van der Waals surface area (Å²) in [5.41, 5.74) is 4.40. The molecule has 2 saturated heterocycles. The minimum absolute atomic E-state index is 0.165. The van der Waals surface area contributed by atoms with Crippen LogP contribution in [0, 0.1) is 0 Å². The van der Waals surface area contributed by atoms with Crippen molar-refractivity contribution in [2.75, 3.05) is 18.9 Å². The maximum Gasteiger partial charge on any atom is 0.538 e. The number of amides is 1. The van der Waals surface area contributed by atoms with Crippen LogP contribution in [-0.4, -0.2) is 135 Å². The molecule has 12 atom stereocenters. The number of rotatable bonds is 12. The van der Waals surface area contributed by atoms with Crippen LogP contribution in [0.3, 0.4) is 0 Å². The van der Waals surface area contributed by atoms with Gasteiger partial charge in [-0.2, -0.15) is 9.29 Å². The molecule has 0 aliphatic carbocycles. The molecule has 0 radical (unpaired) electrons. The zero-order chi connectivity index (χ0) is 34.1. The molecule has 0 bridgehead atoms. The highest BCUT2D eigenvalue weighted by atomic mass is 31.3. The second-order valence-corrected chi connectivity index (χ2v) is 12.9. The SMILES string of the molecule is CC(=O)N[C@H]1[C@H]([C@H](O)[C@H](O)CO)O[C@](O)(C(=O)OP(=O)(O)OP(=O)(O)OC[C@H]2O[C@@H](n3ccc(N)nc3=O)[C@H](O)[C@@H]2O)C[C@@H]1O. The fourth-order valence-electron chi connectivity index (χ4n) is 4.36. The maximum atomic E-state index is 12.6. The van der Waals surface area contributed by atoms with E-state index in [-0.39, 0.29) is 5.82 Å². The fourth-order valence-corrected chi connectivity index (χ4v) is 6.41. The number of nitrogens with two attached hydrogens (primary N) is 1. The highest BCUT2D eigenvalue weighted by molar-refractivity contribution is 7.61. The summed E-state index contributed by atoms with van der Waals surface area (Å²) in [6.07, 6.45) is -15.1. The summed E-state index contributed by atoms with van der Waals surface area (Å²) in [6, 6.07) is -0.433. The lowest BCUT2D eigenvalue weighted by Gasteiger charge is -2.45. The minimum atomic E-state index is -6.01. The Hall–Kier alpha value is -2.44. The Morgan fingerprint density at radius 2 is 1.87 bits per heavy atom. The third-order valence-electron chi connectivity index (χ3n) is 6.46. The average molecular weight is 694 g/mol. The summed E-state index contributed by atoms with van der Waals surface area (Å²) in [5, 5.41) is 72.9. The van der Waals surface area contributed by atoms with E-state index in [1.807, 2.05) is 0 Å². The molecule has 3 rings (SSSR count). The van der Waals surface area contributed by atoms with E-state index in [4.69, 9.17) is 20.3 Å². The lowest BCUT2D eigenvalue weighted by atomic mass is 9.88. The molecule has 0 saturated carbocycles. The molecule has 45 heavy (non-hydrogen) atoms. The van der Waals surface area contributed by atoms with Crippen LogP contribution in [0.4, 0.5) is 5.82 Å². The summed E-state index contributed by atoms with van der Waals surface area (Å²) < 4.78 is 48.4. The van der Waals surface area contributed by atoms with Crippen molar-refractivity contribution in [1.82, 2.24) is 14.9 Å². The van der Waals surface area contributed by atoms with Crippen LogP contribution in [0.1, 0.15) is 19.6 Å². The standard InChI is InChI=1S/C20H32N4O19P2/c1-7(26)22-12-8(27)4-20(34,41-16(12)13(29)9(28)5-25)18(32)42-45(37,38)43-44(35,36)39-6-10-14(30)15(31)17(40-10)24-3-2-11(21)23-19(24)33/h2-3,8-10,12-17,25,27-31,34H,4-6H2,1H3,(H,22,26)(H,35,36)(H,37,38)(H2,21,23,33)/t8-,9+,10+,12+,13+,14+,15+,16+,17+,20-/m0/s1. The summed E-state index contributed by atoms with van der Waals surface area (Å²) in [6.45, 7) is -1.22. The van der Waals surface area contributed by atoms with Crippen molar-refractivity contribution in [3.63, 3.8) is 0 Å². The van der Waals surface area contributed by atoms with Crippen LogP contribution in [0.15, 0.2) is 17.1 Å². The van der Waals surface area contributed by atoms with Gasteiger partial charge in [0.2, 0.25) is 5.91 Å². The number of aliphatic hydroxyl groups excluding tert-OH is 6. The van der Waals surface area contributed by atoms with E-state index in [0.717, 1.165) is 17.7 Å². The van der Waals surface area contributed by atoms with E-state index in [1.54, 1.807) is 0 Å². The number of hydrogen-bond donors (Lipinski definition) is 11. The van der Waals surface area contributed by atoms with E-state index in [1.165, 1.54) is 6.07 Å². The largest absolute Gasteiger partial charge is 0.538 e. The van der Waals surface area contributed by atoms with Crippen molar-refractivity contribution in [3.05, 3.63) is 22.7 Å². The molecule has 1 aromatic rings. The van der Waals surface area contributed by atoms with Crippen molar-refractivity contribution >= 4 is 33.3 Å². The van der Waals surface area contributed by atoms with E-state index in [9.17, 15) is 63.9 Å². The third kappa shape index (κ3) is 8.88. The van der Waals surface area contributed by atoms with E-state index >= 15 is 0 Å². The molecule has 25 heteroatoms. The number of anilines is 1. The van der Waals surface area contributed by atoms with Crippen LogP contribution in [0.5, 0.6) is 0 Å². The Bertz CT molecular complexity index is 1400. The average Bonchev–Trinajstić information content (AvgIpc) is 3.20. The topological polar surface area (TPSA) is 369 Å². The van der Waals surface area contributed by atoms with Crippen molar-refractivity contribution in [2.45, 2.75) is 74.1 Å². The smallest absolute Gasteiger partial charge is 0.394 e. The Balaban J connectivity index is 1.67. The summed E-state index contributed by atoms with van der Waals surface area (Å²) in [4.78, 5) is 59.5. The number of phosphoric acid groups is 2. The van der Waals surface area contributed by atoms with Gasteiger partial charge >= 0.3 is 27.3 Å². The normalized spacial score (nSPS) is 34.2. The lowest BCUT2D eigenvalue weighted by Crippen LogP contribution is -2.67. The molecule has 23 nitrogen and oxygen atoms in total. The summed E-state index contributed by atoms with van der Waals surface area (Å²) >= 11 is 0. The van der Waals surface area contributed by atoms with Crippen LogP contribution in [-0.2, 0) is 41.6 Å². The van der Waals surface area contributed by atoms with Crippen molar-refractivity contribution in [2.24, 2.45) is 0 Å². The quantitative estimate of drug-likeness (QED) is 0.0908. The van der Waals surface area contributed by atoms with Gasteiger partial charge in [-0.15, -0.1) is 0 Å². The highest BCUT2D eigenvalue weighted by Crippen LogP contribution is 2.61. The van der Waals surface area contributed by atoms with Gasteiger partial charge in [0.05, 0.1) is 25.4 Å². The number of nitrogens with one attached hydrogen (secondary N) is 1. The van der Waals surface area contributed by atoms with Gasteiger partial charge < -0.3 is 65.7 Å². The van der Waals surface area contributed by atoms with Crippen molar-refractivity contribution in [1.29, 1.82) is 0 Å². The number of carbonyl (C=O) groups is 2.